The van der Waals surface area contributed by atoms with Crippen molar-refractivity contribution >= 4 is 51.4 Å². The van der Waals surface area contributed by atoms with E-state index < -0.39 is 45.4 Å². The third-order valence-corrected chi connectivity index (χ3v) is 10.7. The van der Waals surface area contributed by atoms with Gasteiger partial charge >= 0.3 is 16.3 Å². The number of carboxylic acid groups (broad SMARTS) is 1. The van der Waals surface area contributed by atoms with Crippen molar-refractivity contribution < 1.29 is 42.0 Å². The standard InChI is InChI=1S/C37H49N5O9S2/c1-7-9-10-11-24-19-23(4)31(26-18-22(3)12-13-25(26)8-2)29(20-24)50-21-52-17-16-28-33(35(44)42(28)53(47,48)49)40-34(43)32(27-14-15-30(38)39-27)41-51-37(5,6)36(45)46/h8,14,16,18-20,25-26,33H,2,7,9-13,15,17,21H2,1,3-6H3,(H2,38,39)(H,40,43)(H,45,46)(H,47,48,49)/b28-16+,41-32-/t25-,26-,33+/m1/s1. The Balaban J connectivity index is 1.54. The first kappa shape index (κ1) is 41.3. The van der Waals surface area contributed by atoms with Gasteiger partial charge in [0, 0.05) is 23.7 Å². The lowest BCUT2D eigenvalue weighted by atomic mass is 9.75. The number of oxime groups is 1. The van der Waals surface area contributed by atoms with Gasteiger partial charge in [-0.05, 0) is 82.6 Å². The fraction of sp³-hybridized carbons (Fsp3) is 0.486. The normalized spacial score (nSPS) is 21.4. The first-order valence-corrected chi connectivity index (χ1v) is 20.0. The molecule has 3 atom stereocenters. The number of aryl methyl sites for hydroxylation is 2. The Labute approximate surface area is 315 Å². The van der Waals surface area contributed by atoms with E-state index in [0.29, 0.717) is 0 Å². The largest absolute Gasteiger partial charge is 0.483 e. The number of hydrogen-bond donors (Lipinski definition) is 4. The van der Waals surface area contributed by atoms with E-state index in [1.54, 1.807) is 0 Å². The fourth-order valence-corrected chi connectivity index (χ4v) is 7.63. The highest BCUT2D eigenvalue weighted by Gasteiger charge is 2.50. The van der Waals surface area contributed by atoms with E-state index in [-0.39, 0.29) is 51.5 Å². The quantitative estimate of drug-likeness (QED) is 0.0286. The van der Waals surface area contributed by atoms with Crippen molar-refractivity contribution in [3.05, 3.63) is 76.7 Å². The van der Waals surface area contributed by atoms with Gasteiger partial charge < -0.3 is 25.7 Å². The van der Waals surface area contributed by atoms with Crippen LogP contribution in [0.25, 0.3) is 0 Å². The van der Waals surface area contributed by atoms with Gasteiger partial charge in [-0.15, -0.1) is 18.3 Å². The minimum absolute atomic E-state index is 0.0276. The second-order valence-electron chi connectivity index (χ2n) is 13.8. The Kier molecular flexibility index (Phi) is 13.7. The number of ether oxygens (including phenoxy) is 1. The van der Waals surface area contributed by atoms with E-state index in [1.807, 2.05) is 6.08 Å². The second kappa shape index (κ2) is 17.6. The van der Waals surface area contributed by atoms with Gasteiger partial charge in [0.05, 0.1) is 11.4 Å². The van der Waals surface area contributed by atoms with Crippen molar-refractivity contribution in [2.24, 2.45) is 21.8 Å². The number of carboxylic acids is 1. The summed E-state index contributed by atoms with van der Waals surface area (Å²) in [6, 6.07) is 2.85. The highest BCUT2D eigenvalue weighted by molar-refractivity contribution is 7.99. The van der Waals surface area contributed by atoms with Gasteiger partial charge in [-0.2, -0.15) is 12.7 Å². The molecule has 0 unspecified atom stereocenters. The van der Waals surface area contributed by atoms with Crippen LogP contribution < -0.4 is 15.8 Å². The summed E-state index contributed by atoms with van der Waals surface area (Å²) in [4.78, 5) is 47.0. The topological polar surface area (TPSA) is 210 Å². The van der Waals surface area contributed by atoms with Crippen LogP contribution in [0.5, 0.6) is 5.75 Å². The minimum Gasteiger partial charge on any atom is -0.483 e. The molecular weight excluding hydrogens is 723 g/mol. The lowest BCUT2D eigenvalue weighted by Gasteiger charge is -2.38. The predicted molar refractivity (Wildman–Crippen MR) is 205 cm³/mol. The van der Waals surface area contributed by atoms with Crippen LogP contribution in [0.2, 0.25) is 0 Å². The molecule has 2 heterocycles. The SMILES string of the molecule is C=C[C@@H]1CCC(C)=C[C@H]1c1c(C)cc(CCCCC)cc1OCSC/C=C1\[C@H](NC(=O)/C(=N\OC(C)(C)C(=O)O)C2=CCC(N)=N2)C(=O)N1S(=O)(=O)O. The zero-order valence-electron chi connectivity index (χ0n) is 30.8. The third-order valence-electron chi connectivity index (χ3n) is 9.21. The highest BCUT2D eigenvalue weighted by Crippen LogP contribution is 2.43. The summed E-state index contributed by atoms with van der Waals surface area (Å²) in [6.45, 7) is 12.9. The lowest BCUT2D eigenvalue weighted by Crippen LogP contribution is -2.64. The van der Waals surface area contributed by atoms with Crippen LogP contribution in [-0.2, 0) is 35.9 Å². The molecule has 0 bridgehead atoms. The van der Waals surface area contributed by atoms with Gasteiger partial charge in [-0.25, -0.2) is 9.79 Å². The molecule has 1 aliphatic carbocycles. The Hall–Kier alpha value is -4.41. The van der Waals surface area contributed by atoms with E-state index in [1.165, 1.54) is 48.9 Å². The summed E-state index contributed by atoms with van der Waals surface area (Å²) in [7, 11) is -5.01. The van der Waals surface area contributed by atoms with E-state index in [4.69, 9.17) is 15.3 Å². The minimum atomic E-state index is -5.01. The number of allylic oxidation sites excluding steroid dienone is 3. The monoisotopic (exact) mass is 771 g/mol. The zero-order valence-corrected chi connectivity index (χ0v) is 32.4. The number of carbonyl (C=O) groups is 3. The molecule has 14 nitrogen and oxygen atoms in total. The van der Waals surface area contributed by atoms with Crippen LogP contribution in [0, 0.1) is 12.8 Å². The Morgan fingerprint density at radius 2 is 2.00 bits per heavy atom. The zero-order chi connectivity index (χ0) is 39.1. The number of aliphatic carboxylic acids is 1. The van der Waals surface area contributed by atoms with Crippen LogP contribution in [0.15, 0.2) is 70.1 Å². The molecule has 0 spiro atoms. The third kappa shape index (κ3) is 10.2. The van der Waals surface area contributed by atoms with E-state index in [0.717, 1.165) is 55.4 Å². The van der Waals surface area contributed by atoms with E-state index in [2.05, 4.69) is 61.0 Å². The number of rotatable bonds is 18. The van der Waals surface area contributed by atoms with Gasteiger partial charge in [0.1, 0.15) is 17.5 Å². The molecule has 1 fully saturated rings. The number of nitrogens with one attached hydrogen (secondary N) is 1. The van der Waals surface area contributed by atoms with Crippen molar-refractivity contribution in [2.75, 3.05) is 11.7 Å². The van der Waals surface area contributed by atoms with Crippen molar-refractivity contribution in [3.63, 3.8) is 0 Å². The number of unbranched alkanes of at least 4 members (excludes halogenated alkanes) is 2. The maximum atomic E-state index is 13.4. The van der Waals surface area contributed by atoms with Crippen LogP contribution in [0.3, 0.4) is 0 Å². The van der Waals surface area contributed by atoms with E-state index >= 15 is 0 Å². The summed E-state index contributed by atoms with van der Waals surface area (Å²) in [5.41, 5.74) is 7.97. The average molecular weight is 772 g/mol. The van der Waals surface area contributed by atoms with Crippen LogP contribution in [0.4, 0.5) is 0 Å². The Bertz CT molecular complexity index is 1880. The first-order valence-electron chi connectivity index (χ1n) is 17.5. The van der Waals surface area contributed by atoms with Gasteiger partial charge in [-0.3, -0.25) is 14.1 Å². The molecule has 5 N–H and O–H groups in total. The summed E-state index contributed by atoms with van der Waals surface area (Å²) in [5.74, 6) is -1.87. The maximum Gasteiger partial charge on any atom is 0.366 e. The number of hydrogen-bond acceptors (Lipinski definition) is 11. The molecule has 0 saturated carbocycles. The summed E-state index contributed by atoms with van der Waals surface area (Å²) < 4.78 is 40.7. The van der Waals surface area contributed by atoms with Crippen LogP contribution in [0.1, 0.15) is 88.8 Å². The first-order chi connectivity index (χ1) is 25.0. The van der Waals surface area contributed by atoms with Crippen molar-refractivity contribution in [3.8, 4) is 5.75 Å². The fourth-order valence-electron chi connectivity index (χ4n) is 6.26. The Morgan fingerprint density at radius 3 is 2.62 bits per heavy atom. The van der Waals surface area contributed by atoms with Crippen LogP contribution >= 0.6 is 11.8 Å². The summed E-state index contributed by atoms with van der Waals surface area (Å²) in [5, 5.41) is 15.5. The molecule has 0 aromatic heterocycles. The number of aliphatic imine (C=N–C) groups is 1. The molecule has 1 aromatic carbocycles. The molecule has 0 radical (unpaired) electrons. The predicted octanol–water partition coefficient (Wildman–Crippen LogP) is 5.32. The van der Waals surface area contributed by atoms with Gasteiger partial charge in [0.15, 0.2) is 11.8 Å². The van der Waals surface area contributed by atoms with Crippen LogP contribution in [-0.4, -0.2) is 75.0 Å². The number of thioether (sulfide) groups is 1. The summed E-state index contributed by atoms with van der Waals surface area (Å²) >= 11 is 1.30. The molecule has 2 aliphatic heterocycles. The number of β-lactam (4-membered cyclic amide) rings is 1. The molecule has 1 saturated heterocycles. The maximum absolute atomic E-state index is 13.4. The second-order valence-corrected chi connectivity index (χ2v) is 16.0. The molecule has 3 aliphatic rings. The molecule has 4 rings (SSSR count). The highest BCUT2D eigenvalue weighted by atomic mass is 32.2. The van der Waals surface area contributed by atoms with Crippen molar-refractivity contribution in [2.45, 2.75) is 97.1 Å². The number of nitrogens with zero attached hydrogens (tertiary/aromatic N) is 3. The summed E-state index contributed by atoms with van der Waals surface area (Å²) in [6.07, 6.45) is 13.6. The number of amides is 2. The average Bonchev–Trinajstić information content (AvgIpc) is 3.51. The van der Waals surface area contributed by atoms with Gasteiger partial charge in [-0.1, -0.05) is 54.8 Å². The van der Waals surface area contributed by atoms with Gasteiger partial charge in [0.25, 0.3) is 11.8 Å². The molecule has 2 amide bonds. The van der Waals surface area contributed by atoms with Crippen molar-refractivity contribution in [1.82, 2.24) is 9.62 Å². The van der Waals surface area contributed by atoms with E-state index in [9.17, 15) is 32.5 Å². The number of benzene rings is 1. The molecule has 53 heavy (non-hydrogen) atoms. The Morgan fingerprint density at radius 1 is 1.26 bits per heavy atom. The molecule has 288 valence electrons. The van der Waals surface area contributed by atoms with Gasteiger partial charge in [0.2, 0.25) is 5.60 Å². The van der Waals surface area contributed by atoms with Crippen molar-refractivity contribution in [1.29, 1.82) is 0 Å². The number of carbonyl (C=O) groups excluding carboxylic acids is 2. The molecular formula is C37H49N5O9S2. The molecule has 16 heteroatoms. The molecule has 1 aromatic rings. The smallest absolute Gasteiger partial charge is 0.366 e. The lowest BCUT2D eigenvalue weighted by molar-refractivity contribution is -0.161. The number of amidine groups is 1. The number of nitrogens with two attached hydrogens (primary N) is 1.